The maximum absolute atomic E-state index is 12.3. The molecule has 0 fully saturated rings. The SMILES string of the molecule is O=C(Cc1csc(NC(=O)c2ccco2)n1)NCc1ccccc1-n1cccn1. The molecule has 0 saturated carbocycles. The zero-order valence-electron chi connectivity index (χ0n) is 15.2. The molecule has 4 aromatic rings. The van der Waals surface area contributed by atoms with E-state index in [1.807, 2.05) is 36.5 Å². The highest BCUT2D eigenvalue weighted by molar-refractivity contribution is 7.14. The molecule has 0 saturated heterocycles. The Morgan fingerprint density at radius 3 is 2.83 bits per heavy atom. The summed E-state index contributed by atoms with van der Waals surface area (Å²) in [6.07, 6.45) is 5.11. The maximum Gasteiger partial charge on any atom is 0.293 e. The zero-order valence-corrected chi connectivity index (χ0v) is 16.1. The van der Waals surface area contributed by atoms with Crippen LogP contribution in [0.5, 0.6) is 0 Å². The van der Waals surface area contributed by atoms with E-state index < -0.39 is 0 Å². The van der Waals surface area contributed by atoms with Gasteiger partial charge in [0.15, 0.2) is 10.9 Å². The average Bonchev–Trinajstić information content (AvgIpc) is 3.49. The van der Waals surface area contributed by atoms with E-state index in [1.54, 1.807) is 28.4 Å². The molecule has 2 amide bonds. The minimum atomic E-state index is -0.379. The first-order valence-corrected chi connectivity index (χ1v) is 9.71. The van der Waals surface area contributed by atoms with Gasteiger partial charge in [0.1, 0.15) is 0 Å². The van der Waals surface area contributed by atoms with Crippen LogP contribution in [0.3, 0.4) is 0 Å². The van der Waals surface area contributed by atoms with Crippen molar-refractivity contribution < 1.29 is 14.0 Å². The second-order valence-electron chi connectivity index (χ2n) is 6.11. The van der Waals surface area contributed by atoms with Crippen molar-refractivity contribution >= 4 is 28.3 Å². The first kappa shape index (κ1) is 18.6. The van der Waals surface area contributed by atoms with Crippen LogP contribution in [0.2, 0.25) is 0 Å². The number of nitrogens with zero attached hydrogens (tertiary/aromatic N) is 3. The van der Waals surface area contributed by atoms with Gasteiger partial charge in [-0.1, -0.05) is 18.2 Å². The van der Waals surface area contributed by atoms with Gasteiger partial charge in [-0.05, 0) is 29.8 Å². The Kier molecular flexibility index (Phi) is 5.48. The lowest BCUT2D eigenvalue weighted by Crippen LogP contribution is -2.25. The maximum atomic E-state index is 12.3. The molecule has 0 unspecified atom stereocenters. The van der Waals surface area contributed by atoms with Crippen molar-refractivity contribution in [1.29, 1.82) is 0 Å². The summed E-state index contributed by atoms with van der Waals surface area (Å²) in [5.41, 5.74) is 2.45. The van der Waals surface area contributed by atoms with Crippen molar-refractivity contribution in [2.24, 2.45) is 0 Å². The number of furan rings is 1. The van der Waals surface area contributed by atoms with Gasteiger partial charge < -0.3 is 9.73 Å². The summed E-state index contributed by atoms with van der Waals surface area (Å²) >= 11 is 1.26. The van der Waals surface area contributed by atoms with Crippen molar-refractivity contribution in [3.8, 4) is 5.69 Å². The number of hydrogen-bond donors (Lipinski definition) is 2. The van der Waals surface area contributed by atoms with Crippen LogP contribution >= 0.6 is 11.3 Å². The molecule has 4 rings (SSSR count). The van der Waals surface area contributed by atoms with E-state index in [0.717, 1.165) is 11.3 Å². The molecule has 2 N–H and O–H groups in total. The highest BCUT2D eigenvalue weighted by atomic mass is 32.1. The van der Waals surface area contributed by atoms with Gasteiger partial charge in [0.25, 0.3) is 5.91 Å². The monoisotopic (exact) mass is 407 g/mol. The van der Waals surface area contributed by atoms with Crippen LogP contribution in [0.4, 0.5) is 5.13 Å². The minimum absolute atomic E-state index is 0.122. The third-order valence-electron chi connectivity index (χ3n) is 4.08. The summed E-state index contributed by atoms with van der Waals surface area (Å²) < 4.78 is 6.80. The molecular weight excluding hydrogens is 390 g/mol. The summed E-state index contributed by atoms with van der Waals surface area (Å²) in [6.45, 7) is 0.376. The number of para-hydroxylation sites is 1. The van der Waals surface area contributed by atoms with Crippen LogP contribution in [0.25, 0.3) is 5.69 Å². The molecule has 0 spiro atoms. The van der Waals surface area contributed by atoms with Crippen molar-refractivity contribution in [1.82, 2.24) is 20.1 Å². The highest BCUT2D eigenvalue weighted by Gasteiger charge is 2.13. The zero-order chi connectivity index (χ0) is 20.1. The van der Waals surface area contributed by atoms with Crippen molar-refractivity contribution in [2.75, 3.05) is 5.32 Å². The molecule has 0 aliphatic heterocycles. The third-order valence-corrected chi connectivity index (χ3v) is 4.88. The fourth-order valence-electron chi connectivity index (χ4n) is 2.73. The molecule has 0 radical (unpaired) electrons. The molecule has 0 aliphatic carbocycles. The van der Waals surface area contributed by atoms with Crippen LogP contribution in [0.1, 0.15) is 21.8 Å². The smallest absolute Gasteiger partial charge is 0.293 e. The number of anilines is 1. The molecule has 0 atom stereocenters. The van der Waals surface area contributed by atoms with Gasteiger partial charge in [-0.2, -0.15) is 5.10 Å². The van der Waals surface area contributed by atoms with Crippen molar-refractivity contribution in [3.05, 3.63) is 83.5 Å². The van der Waals surface area contributed by atoms with E-state index in [0.29, 0.717) is 17.4 Å². The van der Waals surface area contributed by atoms with E-state index in [-0.39, 0.29) is 24.0 Å². The van der Waals surface area contributed by atoms with E-state index in [2.05, 4.69) is 20.7 Å². The third kappa shape index (κ3) is 4.58. The van der Waals surface area contributed by atoms with E-state index in [1.165, 1.54) is 17.6 Å². The summed E-state index contributed by atoms with van der Waals surface area (Å²) in [5.74, 6) is -0.333. The first-order chi connectivity index (χ1) is 14.2. The van der Waals surface area contributed by atoms with Gasteiger partial charge in [0.2, 0.25) is 5.91 Å². The number of hydrogen-bond acceptors (Lipinski definition) is 6. The standard InChI is InChI=1S/C20H17N5O3S/c26-18(21-12-14-5-1-2-6-16(14)25-9-4-8-22-25)11-15-13-29-20(23-15)24-19(27)17-7-3-10-28-17/h1-10,13H,11-12H2,(H,21,26)(H,23,24,27). The Morgan fingerprint density at radius 2 is 2.03 bits per heavy atom. The number of benzene rings is 1. The van der Waals surface area contributed by atoms with Gasteiger partial charge in [0, 0.05) is 24.3 Å². The Hall–Kier alpha value is -3.72. The Balaban J connectivity index is 1.33. The predicted octanol–water partition coefficient (Wildman–Crippen LogP) is 3.03. The number of rotatable bonds is 7. The van der Waals surface area contributed by atoms with E-state index in [4.69, 9.17) is 4.42 Å². The average molecular weight is 407 g/mol. The van der Waals surface area contributed by atoms with Gasteiger partial charge >= 0.3 is 0 Å². The molecular formula is C20H17N5O3S. The lowest BCUT2D eigenvalue weighted by Gasteiger charge is -2.10. The van der Waals surface area contributed by atoms with Crippen LogP contribution in [-0.2, 0) is 17.8 Å². The molecule has 9 heteroatoms. The van der Waals surface area contributed by atoms with Crippen LogP contribution < -0.4 is 10.6 Å². The summed E-state index contributed by atoms with van der Waals surface area (Å²) in [4.78, 5) is 28.6. The lowest BCUT2D eigenvalue weighted by atomic mass is 10.1. The van der Waals surface area contributed by atoms with E-state index >= 15 is 0 Å². The second kappa shape index (κ2) is 8.53. The fourth-order valence-corrected chi connectivity index (χ4v) is 3.43. The number of carbonyl (C=O) groups excluding carboxylic acids is 2. The normalized spacial score (nSPS) is 10.6. The predicted molar refractivity (Wildman–Crippen MR) is 108 cm³/mol. The van der Waals surface area contributed by atoms with Crippen LogP contribution in [0, 0.1) is 0 Å². The van der Waals surface area contributed by atoms with E-state index in [9.17, 15) is 9.59 Å². The molecule has 0 bridgehead atoms. The van der Waals surface area contributed by atoms with Crippen LogP contribution in [0.15, 0.2) is 70.9 Å². The summed E-state index contributed by atoms with van der Waals surface area (Å²) in [7, 11) is 0. The molecule has 3 heterocycles. The molecule has 8 nitrogen and oxygen atoms in total. The number of thiazole rings is 1. The molecule has 0 aliphatic rings. The van der Waals surface area contributed by atoms with Gasteiger partial charge in [-0.15, -0.1) is 11.3 Å². The minimum Gasteiger partial charge on any atom is -0.459 e. The fraction of sp³-hybridized carbons (Fsp3) is 0.100. The number of amides is 2. The Bertz CT molecular complexity index is 1100. The largest absolute Gasteiger partial charge is 0.459 e. The van der Waals surface area contributed by atoms with Crippen molar-refractivity contribution in [3.63, 3.8) is 0 Å². The Morgan fingerprint density at radius 1 is 1.14 bits per heavy atom. The summed E-state index contributed by atoms with van der Waals surface area (Å²) in [5, 5.41) is 12.0. The quantitative estimate of drug-likeness (QED) is 0.490. The second-order valence-corrected chi connectivity index (χ2v) is 6.97. The summed E-state index contributed by atoms with van der Waals surface area (Å²) in [6, 6.07) is 12.8. The van der Waals surface area contributed by atoms with Crippen molar-refractivity contribution in [2.45, 2.75) is 13.0 Å². The molecule has 3 aromatic heterocycles. The first-order valence-electron chi connectivity index (χ1n) is 8.83. The molecule has 29 heavy (non-hydrogen) atoms. The number of nitrogens with one attached hydrogen (secondary N) is 2. The van der Waals surface area contributed by atoms with Gasteiger partial charge in [-0.25, -0.2) is 9.67 Å². The van der Waals surface area contributed by atoms with Crippen LogP contribution in [-0.4, -0.2) is 26.6 Å². The highest BCUT2D eigenvalue weighted by Crippen LogP contribution is 2.17. The Labute approximate surface area is 170 Å². The number of carbonyl (C=O) groups is 2. The van der Waals surface area contributed by atoms with Gasteiger partial charge in [0.05, 0.1) is 24.1 Å². The topological polar surface area (TPSA) is 102 Å². The molecule has 146 valence electrons. The molecule has 1 aromatic carbocycles. The number of aromatic nitrogens is 3. The lowest BCUT2D eigenvalue weighted by molar-refractivity contribution is -0.120. The van der Waals surface area contributed by atoms with Gasteiger partial charge in [-0.3, -0.25) is 14.9 Å².